The van der Waals surface area contributed by atoms with Crippen LogP contribution >= 0.6 is 0 Å². The smallest absolute Gasteiger partial charge is 0.271 e. The quantitative estimate of drug-likeness (QED) is 0.133. The number of amidine groups is 1. The molecule has 3 aliphatic rings. The lowest BCUT2D eigenvalue weighted by Gasteiger charge is -2.32. The Balaban J connectivity index is 0.951. The number of nitrogens with zero attached hydrogens (tertiary/aromatic N) is 6. The summed E-state index contributed by atoms with van der Waals surface area (Å²) in [6.45, 7) is 1.96. The maximum absolute atomic E-state index is 14.1. The Kier molecular flexibility index (Phi) is 11.9. The van der Waals surface area contributed by atoms with Crippen molar-refractivity contribution in [3.63, 3.8) is 0 Å². The van der Waals surface area contributed by atoms with Gasteiger partial charge in [0, 0.05) is 25.7 Å². The van der Waals surface area contributed by atoms with Crippen molar-refractivity contribution in [2.45, 2.75) is 55.9 Å². The summed E-state index contributed by atoms with van der Waals surface area (Å²) in [6, 6.07) is 35.4. The SMILES string of the molecule is CNC(=O)c1nc([C@@H]2CCCN2C(=O)[C@@H](c2ccccc2)N(C)C)[nH]c1-c1ccc(-c2ccc(C3CN=C([C@@H]4CCCN4C(=O)[C@@H](c4ccccc4)N(C)C)N3)cc2)cc1. The highest BCUT2D eigenvalue weighted by Crippen LogP contribution is 2.37. The van der Waals surface area contributed by atoms with E-state index in [0.717, 1.165) is 71.4 Å². The lowest BCUT2D eigenvalue weighted by atomic mass is 9.99. The fraction of sp³-hybridized carbons (Fsp3) is 0.354. The predicted molar refractivity (Wildman–Crippen MR) is 235 cm³/mol. The summed E-state index contributed by atoms with van der Waals surface area (Å²) >= 11 is 0. The minimum Gasteiger partial charge on any atom is -0.363 e. The molecule has 5 atom stereocenters. The summed E-state index contributed by atoms with van der Waals surface area (Å²) < 4.78 is 0. The number of nitrogens with one attached hydrogen (secondary N) is 3. The monoisotopic (exact) mass is 805 g/mol. The average molecular weight is 806 g/mol. The topological polar surface area (TPSA) is 129 Å². The van der Waals surface area contributed by atoms with E-state index in [2.05, 4.69) is 52.0 Å². The molecule has 5 aromatic rings. The first kappa shape index (κ1) is 40.7. The van der Waals surface area contributed by atoms with Crippen molar-refractivity contribution in [3.8, 4) is 22.4 Å². The molecule has 0 aliphatic carbocycles. The molecule has 1 unspecified atom stereocenters. The van der Waals surface area contributed by atoms with Crippen LogP contribution in [0.4, 0.5) is 0 Å². The molecular formula is C48H55N9O3. The molecule has 60 heavy (non-hydrogen) atoms. The minimum absolute atomic E-state index is 0.0185. The maximum Gasteiger partial charge on any atom is 0.271 e. The number of benzene rings is 4. The number of hydrogen-bond donors (Lipinski definition) is 3. The molecular weight excluding hydrogens is 751 g/mol. The van der Waals surface area contributed by atoms with Crippen LogP contribution in [0.15, 0.2) is 114 Å². The van der Waals surface area contributed by atoms with Crippen LogP contribution in [0, 0.1) is 0 Å². The van der Waals surface area contributed by atoms with Gasteiger partial charge in [0.05, 0.1) is 30.4 Å². The van der Waals surface area contributed by atoms with Crippen molar-refractivity contribution >= 4 is 23.6 Å². The van der Waals surface area contributed by atoms with E-state index in [0.29, 0.717) is 30.3 Å². The number of likely N-dealkylation sites (N-methyl/N-ethyl adjacent to an activating group) is 2. The van der Waals surface area contributed by atoms with E-state index < -0.39 is 6.04 Å². The normalized spacial score (nSPS) is 20.0. The first-order chi connectivity index (χ1) is 29.1. The Labute approximate surface area is 352 Å². The highest BCUT2D eigenvalue weighted by molar-refractivity contribution is 5.98. The number of likely N-dealkylation sites (tertiary alicyclic amines) is 2. The zero-order chi connectivity index (χ0) is 41.9. The van der Waals surface area contributed by atoms with Crippen LogP contribution in [0.2, 0.25) is 0 Å². The zero-order valence-corrected chi connectivity index (χ0v) is 35.1. The maximum atomic E-state index is 14.1. The molecule has 8 rings (SSSR count). The molecule has 3 aliphatic heterocycles. The summed E-state index contributed by atoms with van der Waals surface area (Å²) in [5, 5.41) is 6.42. The van der Waals surface area contributed by atoms with E-state index in [1.165, 1.54) is 0 Å². The lowest BCUT2D eigenvalue weighted by molar-refractivity contribution is -0.137. The van der Waals surface area contributed by atoms with Crippen LogP contribution in [-0.4, -0.2) is 114 Å². The van der Waals surface area contributed by atoms with Gasteiger partial charge in [-0.2, -0.15) is 0 Å². The third-order valence-corrected chi connectivity index (χ3v) is 12.2. The number of imidazole rings is 1. The van der Waals surface area contributed by atoms with E-state index in [4.69, 9.17) is 9.98 Å². The Hall–Kier alpha value is -6.11. The van der Waals surface area contributed by atoms with Gasteiger partial charge in [-0.25, -0.2) is 4.98 Å². The van der Waals surface area contributed by atoms with Crippen molar-refractivity contribution in [1.82, 2.24) is 40.2 Å². The van der Waals surface area contributed by atoms with Crippen LogP contribution in [0.25, 0.3) is 22.4 Å². The Morgan fingerprint density at radius 2 is 1.18 bits per heavy atom. The minimum atomic E-state index is -0.428. The number of carbonyl (C=O) groups is 3. The Morgan fingerprint density at radius 1 is 0.683 bits per heavy atom. The van der Waals surface area contributed by atoms with E-state index in [-0.39, 0.29) is 41.9 Å². The zero-order valence-electron chi connectivity index (χ0n) is 35.1. The van der Waals surface area contributed by atoms with Crippen molar-refractivity contribution in [2.75, 3.05) is 54.9 Å². The molecule has 0 radical (unpaired) electrons. The van der Waals surface area contributed by atoms with E-state index in [1.54, 1.807) is 7.05 Å². The van der Waals surface area contributed by atoms with Crippen molar-refractivity contribution in [1.29, 1.82) is 0 Å². The highest BCUT2D eigenvalue weighted by atomic mass is 16.2. The molecule has 0 saturated carbocycles. The standard InChI is InChI=1S/C48H55N9O3/c1-49-46(58)41-40(52-45(53-41)39-19-13-29-57(39)48(60)43(55(4)5)36-16-10-7-11-17-36)34-26-22-32(23-27-34)31-20-24-33(25-21-31)37-30-50-44(51-37)38-18-12-28-56(38)47(59)42(54(2)3)35-14-8-6-9-15-35/h6-11,14-17,20-27,37-39,42-43H,12-13,18-19,28-30H2,1-5H3,(H,49,58)(H,50,51)(H,52,53)/t37?,38-,39-,42+,43+/m0/s1. The molecule has 4 aromatic carbocycles. The second-order valence-electron chi connectivity index (χ2n) is 16.5. The van der Waals surface area contributed by atoms with Crippen LogP contribution in [-0.2, 0) is 9.59 Å². The Morgan fingerprint density at radius 3 is 1.72 bits per heavy atom. The van der Waals surface area contributed by atoms with Gasteiger partial charge in [-0.05, 0) is 81.7 Å². The number of aromatic amines is 1. The molecule has 2 saturated heterocycles. The lowest BCUT2D eigenvalue weighted by Crippen LogP contribution is -2.48. The third-order valence-electron chi connectivity index (χ3n) is 12.2. The largest absolute Gasteiger partial charge is 0.363 e. The van der Waals surface area contributed by atoms with Gasteiger partial charge in [0.25, 0.3) is 5.91 Å². The van der Waals surface area contributed by atoms with Gasteiger partial charge < -0.3 is 25.4 Å². The summed E-state index contributed by atoms with van der Waals surface area (Å²) in [7, 11) is 9.37. The second kappa shape index (κ2) is 17.6. The van der Waals surface area contributed by atoms with Crippen molar-refractivity contribution < 1.29 is 14.4 Å². The van der Waals surface area contributed by atoms with Gasteiger partial charge in [-0.15, -0.1) is 0 Å². The number of carbonyl (C=O) groups excluding carboxylic acids is 3. The van der Waals surface area contributed by atoms with Crippen LogP contribution in [0.1, 0.15) is 82.9 Å². The third kappa shape index (κ3) is 8.09. The van der Waals surface area contributed by atoms with Gasteiger partial charge in [-0.3, -0.25) is 29.2 Å². The fourth-order valence-electron chi connectivity index (χ4n) is 9.17. The molecule has 3 amide bonds. The van der Waals surface area contributed by atoms with E-state index in [9.17, 15) is 14.4 Å². The second-order valence-corrected chi connectivity index (χ2v) is 16.5. The molecule has 4 heterocycles. The fourth-order valence-corrected chi connectivity index (χ4v) is 9.17. The van der Waals surface area contributed by atoms with Crippen molar-refractivity contribution in [3.05, 3.63) is 137 Å². The number of rotatable bonds is 12. The average Bonchev–Trinajstić information content (AvgIpc) is 4.11. The molecule has 310 valence electrons. The first-order valence-corrected chi connectivity index (χ1v) is 21.0. The molecule has 2 fully saturated rings. The van der Waals surface area contributed by atoms with Gasteiger partial charge in [0.2, 0.25) is 11.8 Å². The van der Waals surface area contributed by atoms with Crippen molar-refractivity contribution in [2.24, 2.45) is 4.99 Å². The Bertz CT molecular complexity index is 2320. The molecule has 12 nitrogen and oxygen atoms in total. The van der Waals surface area contributed by atoms with Crippen LogP contribution < -0.4 is 10.6 Å². The molecule has 3 N–H and O–H groups in total. The predicted octanol–water partition coefficient (Wildman–Crippen LogP) is 6.41. The number of amides is 3. The number of hydrogen-bond acceptors (Lipinski definition) is 8. The van der Waals surface area contributed by atoms with Gasteiger partial charge in [-0.1, -0.05) is 109 Å². The summed E-state index contributed by atoms with van der Waals surface area (Å²) in [5.74, 6) is 1.35. The first-order valence-electron chi connectivity index (χ1n) is 21.0. The van der Waals surface area contributed by atoms with Gasteiger partial charge >= 0.3 is 0 Å². The molecule has 12 heteroatoms. The molecule has 0 spiro atoms. The molecule has 0 bridgehead atoms. The van der Waals surface area contributed by atoms with E-state index >= 15 is 0 Å². The van der Waals surface area contributed by atoms with Gasteiger partial charge in [0.1, 0.15) is 23.7 Å². The molecule has 1 aromatic heterocycles. The van der Waals surface area contributed by atoms with Crippen LogP contribution in [0.5, 0.6) is 0 Å². The number of aliphatic imine (C=N–C) groups is 1. The number of aromatic nitrogens is 2. The summed E-state index contributed by atoms with van der Waals surface area (Å²) in [5.41, 5.74) is 6.95. The van der Waals surface area contributed by atoms with Crippen LogP contribution in [0.3, 0.4) is 0 Å². The highest BCUT2D eigenvalue weighted by Gasteiger charge is 2.40. The van der Waals surface area contributed by atoms with Gasteiger partial charge in [0.15, 0.2) is 5.69 Å². The summed E-state index contributed by atoms with van der Waals surface area (Å²) in [4.78, 5) is 62.4. The van der Waals surface area contributed by atoms with E-state index in [1.807, 2.05) is 121 Å². The number of H-pyrrole nitrogens is 1. The summed E-state index contributed by atoms with van der Waals surface area (Å²) in [6.07, 6.45) is 3.45.